The van der Waals surface area contributed by atoms with Crippen molar-refractivity contribution in [1.29, 1.82) is 0 Å². The van der Waals surface area contributed by atoms with E-state index in [1.54, 1.807) is 12.4 Å². The molecule has 6 heteroatoms. The maximum Gasteiger partial charge on any atom is 0.337 e. The summed E-state index contributed by atoms with van der Waals surface area (Å²) in [5.41, 5.74) is 0.875. The standard InChI is InChI=1S/C15H10ClN3O2/c16-12-6-10(15(20)21)8-18-14(12)19-13-3-1-2-9-7-17-5-4-11(9)13/h1-8H,(H,18,19)(H,20,21). The highest BCUT2D eigenvalue weighted by Gasteiger charge is 2.09. The molecule has 104 valence electrons. The van der Waals surface area contributed by atoms with Gasteiger partial charge in [-0.1, -0.05) is 23.7 Å². The van der Waals surface area contributed by atoms with Gasteiger partial charge in [0, 0.05) is 35.1 Å². The highest BCUT2D eigenvalue weighted by Crippen LogP contribution is 2.28. The summed E-state index contributed by atoms with van der Waals surface area (Å²) in [7, 11) is 0. The van der Waals surface area contributed by atoms with Gasteiger partial charge in [-0.2, -0.15) is 0 Å². The average molecular weight is 300 g/mol. The molecule has 0 saturated carbocycles. The van der Waals surface area contributed by atoms with E-state index in [2.05, 4.69) is 15.3 Å². The van der Waals surface area contributed by atoms with Crippen molar-refractivity contribution in [1.82, 2.24) is 9.97 Å². The molecular weight excluding hydrogens is 290 g/mol. The first-order chi connectivity index (χ1) is 10.1. The summed E-state index contributed by atoms with van der Waals surface area (Å²) in [5.74, 6) is -0.654. The van der Waals surface area contributed by atoms with Crippen molar-refractivity contribution in [2.75, 3.05) is 5.32 Å². The van der Waals surface area contributed by atoms with Gasteiger partial charge in [0.25, 0.3) is 0 Å². The normalized spacial score (nSPS) is 10.5. The maximum atomic E-state index is 10.9. The van der Waals surface area contributed by atoms with E-state index in [0.717, 1.165) is 16.5 Å². The first-order valence-corrected chi connectivity index (χ1v) is 6.51. The molecule has 0 aliphatic rings. The number of carboxylic acid groups (broad SMARTS) is 1. The molecule has 2 N–H and O–H groups in total. The number of carbonyl (C=O) groups is 1. The number of rotatable bonds is 3. The molecule has 0 aliphatic heterocycles. The Balaban J connectivity index is 2.01. The summed E-state index contributed by atoms with van der Waals surface area (Å²) in [6, 6.07) is 9.00. The number of hydrogen-bond acceptors (Lipinski definition) is 4. The number of aromatic nitrogens is 2. The Morgan fingerprint density at radius 3 is 2.86 bits per heavy atom. The smallest absolute Gasteiger partial charge is 0.337 e. The van der Waals surface area contributed by atoms with E-state index < -0.39 is 5.97 Å². The van der Waals surface area contributed by atoms with Gasteiger partial charge in [0.15, 0.2) is 0 Å². The van der Waals surface area contributed by atoms with Gasteiger partial charge in [0.2, 0.25) is 0 Å². The molecule has 21 heavy (non-hydrogen) atoms. The van der Waals surface area contributed by atoms with Crippen molar-refractivity contribution < 1.29 is 9.90 Å². The summed E-state index contributed by atoms with van der Waals surface area (Å²) in [4.78, 5) is 19.0. The Kier molecular flexibility index (Phi) is 3.41. The third-order valence-electron chi connectivity index (χ3n) is 3.02. The van der Waals surface area contributed by atoms with Gasteiger partial charge in [-0.25, -0.2) is 9.78 Å². The van der Waals surface area contributed by atoms with Gasteiger partial charge in [0.05, 0.1) is 10.6 Å². The Morgan fingerprint density at radius 1 is 1.24 bits per heavy atom. The number of pyridine rings is 2. The van der Waals surface area contributed by atoms with Crippen LogP contribution in [0.25, 0.3) is 10.8 Å². The molecule has 2 aromatic heterocycles. The molecule has 2 heterocycles. The summed E-state index contributed by atoms with van der Waals surface area (Å²) < 4.78 is 0. The number of anilines is 2. The Hall–Kier alpha value is -2.66. The van der Waals surface area contributed by atoms with Crippen molar-refractivity contribution in [2.45, 2.75) is 0 Å². The summed E-state index contributed by atoms with van der Waals surface area (Å²) in [5, 5.41) is 14.2. The quantitative estimate of drug-likeness (QED) is 0.771. The lowest BCUT2D eigenvalue weighted by Gasteiger charge is -2.10. The summed E-state index contributed by atoms with van der Waals surface area (Å²) in [6.45, 7) is 0. The lowest BCUT2D eigenvalue weighted by atomic mass is 10.1. The monoisotopic (exact) mass is 299 g/mol. The second-order valence-electron chi connectivity index (χ2n) is 4.39. The Morgan fingerprint density at radius 2 is 2.10 bits per heavy atom. The number of benzene rings is 1. The minimum atomic E-state index is -1.06. The molecule has 3 rings (SSSR count). The molecule has 0 amide bonds. The molecule has 0 unspecified atom stereocenters. The highest BCUT2D eigenvalue weighted by atomic mass is 35.5. The van der Waals surface area contributed by atoms with Crippen LogP contribution < -0.4 is 5.32 Å². The van der Waals surface area contributed by atoms with Crippen molar-refractivity contribution in [3.05, 3.63) is 59.5 Å². The minimum Gasteiger partial charge on any atom is -0.478 e. The lowest BCUT2D eigenvalue weighted by Crippen LogP contribution is -2.00. The van der Waals surface area contributed by atoms with Crippen molar-refractivity contribution in [2.24, 2.45) is 0 Å². The molecule has 1 aromatic carbocycles. The topological polar surface area (TPSA) is 75.1 Å². The molecule has 0 atom stereocenters. The van der Waals surface area contributed by atoms with Crippen LogP contribution in [0.2, 0.25) is 5.02 Å². The largest absolute Gasteiger partial charge is 0.478 e. The number of aromatic carboxylic acids is 1. The third-order valence-corrected chi connectivity index (χ3v) is 3.31. The molecule has 0 saturated heterocycles. The maximum absolute atomic E-state index is 10.9. The molecule has 0 spiro atoms. The third kappa shape index (κ3) is 2.64. The van der Waals surface area contributed by atoms with Crippen molar-refractivity contribution in [3.63, 3.8) is 0 Å². The molecule has 0 fully saturated rings. The lowest BCUT2D eigenvalue weighted by molar-refractivity contribution is 0.0696. The first kappa shape index (κ1) is 13.3. The Labute approximate surface area is 125 Å². The fourth-order valence-corrected chi connectivity index (χ4v) is 2.22. The van der Waals surface area contributed by atoms with Crippen LogP contribution in [0, 0.1) is 0 Å². The molecule has 0 bridgehead atoms. The molecule has 3 aromatic rings. The van der Waals surface area contributed by atoms with Crippen LogP contribution in [0.4, 0.5) is 11.5 Å². The number of carboxylic acids is 1. The summed E-state index contributed by atoms with van der Waals surface area (Å²) in [6.07, 6.45) is 4.74. The van der Waals surface area contributed by atoms with E-state index in [-0.39, 0.29) is 10.6 Å². The van der Waals surface area contributed by atoms with Crippen molar-refractivity contribution >= 4 is 39.8 Å². The second kappa shape index (κ2) is 5.38. The van der Waals surface area contributed by atoms with Gasteiger partial charge in [0.1, 0.15) is 5.82 Å². The van der Waals surface area contributed by atoms with E-state index in [4.69, 9.17) is 16.7 Å². The van der Waals surface area contributed by atoms with E-state index in [1.807, 2.05) is 24.3 Å². The minimum absolute atomic E-state index is 0.0488. The molecule has 0 radical (unpaired) electrons. The molecule has 5 nitrogen and oxygen atoms in total. The predicted octanol–water partition coefficient (Wildman–Crippen LogP) is 3.73. The number of fused-ring (bicyclic) bond motifs is 1. The van der Waals surface area contributed by atoms with Gasteiger partial charge >= 0.3 is 5.97 Å². The zero-order chi connectivity index (χ0) is 14.8. The first-order valence-electron chi connectivity index (χ1n) is 6.14. The van der Waals surface area contributed by atoms with E-state index in [9.17, 15) is 4.79 Å². The van der Waals surface area contributed by atoms with Gasteiger partial charge in [-0.3, -0.25) is 4.98 Å². The van der Waals surface area contributed by atoms with E-state index >= 15 is 0 Å². The van der Waals surface area contributed by atoms with Gasteiger partial charge in [-0.05, 0) is 18.2 Å². The average Bonchev–Trinajstić information content (AvgIpc) is 2.49. The Bertz CT molecular complexity index is 831. The van der Waals surface area contributed by atoms with Crippen molar-refractivity contribution in [3.8, 4) is 0 Å². The molecule has 0 aliphatic carbocycles. The fraction of sp³-hybridized carbons (Fsp3) is 0. The summed E-state index contributed by atoms with van der Waals surface area (Å²) >= 11 is 6.07. The van der Waals surface area contributed by atoms with Crippen LogP contribution in [0.15, 0.2) is 48.9 Å². The van der Waals surface area contributed by atoms with Crippen LogP contribution in [0.5, 0.6) is 0 Å². The van der Waals surface area contributed by atoms with Crippen LogP contribution >= 0.6 is 11.6 Å². The predicted molar refractivity (Wildman–Crippen MR) is 81.2 cm³/mol. The van der Waals surface area contributed by atoms with Crippen LogP contribution in [-0.2, 0) is 0 Å². The van der Waals surface area contributed by atoms with Gasteiger partial charge in [-0.15, -0.1) is 0 Å². The molecular formula is C15H10ClN3O2. The van der Waals surface area contributed by atoms with E-state index in [1.165, 1.54) is 12.3 Å². The second-order valence-corrected chi connectivity index (χ2v) is 4.79. The van der Waals surface area contributed by atoms with E-state index in [0.29, 0.717) is 5.82 Å². The van der Waals surface area contributed by atoms with Crippen LogP contribution in [-0.4, -0.2) is 21.0 Å². The fourth-order valence-electron chi connectivity index (χ4n) is 2.01. The highest BCUT2D eigenvalue weighted by molar-refractivity contribution is 6.33. The number of nitrogens with one attached hydrogen (secondary N) is 1. The van der Waals surface area contributed by atoms with Crippen LogP contribution in [0.3, 0.4) is 0 Å². The number of halogens is 1. The zero-order valence-corrected chi connectivity index (χ0v) is 11.5. The van der Waals surface area contributed by atoms with Gasteiger partial charge < -0.3 is 10.4 Å². The van der Waals surface area contributed by atoms with Crippen LogP contribution in [0.1, 0.15) is 10.4 Å². The zero-order valence-electron chi connectivity index (χ0n) is 10.7. The number of hydrogen-bond donors (Lipinski definition) is 2. The SMILES string of the molecule is O=C(O)c1cnc(Nc2cccc3cnccc23)c(Cl)c1. The number of nitrogens with zero attached hydrogens (tertiary/aromatic N) is 2.